The van der Waals surface area contributed by atoms with Crippen LogP contribution in [0, 0.1) is 12.3 Å². The van der Waals surface area contributed by atoms with Crippen molar-refractivity contribution in [1.29, 1.82) is 0 Å². The normalized spacial score (nSPS) is 12.4. The van der Waals surface area contributed by atoms with Crippen LogP contribution in [0.1, 0.15) is 26.5 Å². The third kappa shape index (κ3) is 2.13. The third-order valence-corrected chi connectivity index (χ3v) is 4.39. The molecule has 8 heteroatoms. The van der Waals surface area contributed by atoms with Crippen molar-refractivity contribution in [1.82, 2.24) is 23.1 Å². The van der Waals surface area contributed by atoms with Gasteiger partial charge in [-0.25, -0.2) is 4.79 Å². The van der Waals surface area contributed by atoms with Crippen LogP contribution in [0.4, 0.5) is 0 Å². The molecule has 0 atom stereocenters. The van der Waals surface area contributed by atoms with Gasteiger partial charge in [0.2, 0.25) is 5.78 Å². The standard InChI is InChI=1S/C16H21N5O3/c1-9-7-21-11-12(18(5)15(24)19(6)13(11)23)17-14(21)20(9)8-10(22)16(2,3)4/h7H,8H2,1-6H3. The molecule has 0 aliphatic rings. The minimum atomic E-state index is -0.470. The minimum Gasteiger partial charge on any atom is -0.307 e. The molecule has 3 aromatic heterocycles. The second-order valence-electron chi connectivity index (χ2n) is 7.19. The van der Waals surface area contributed by atoms with Gasteiger partial charge in [0.05, 0.1) is 6.54 Å². The van der Waals surface area contributed by atoms with E-state index in [1.165, 1.54) is 11.6 Å². The van der Waals surface area contributed by atoms with E-state index in [0.717, 1.165) is 10.3 Å². The lowest BCUT2D eigenvalue weighted by Gasteiger charge is -2.17. The van der Waals surface area contributed by atoms with Gasteiger partial charge >= 0.3 is 5.69 Å². The summed E-state index contributed by atoms with van der Waals surface area (Å²) in [5.41, 5.74) is 0.174. The van der Waals surface area contributed by atoms with Gasteiger partial charge in [0.15, 0.2) is 16.9 Å². The van der Waals surface area contributed by atoms with E-state index in [4.69, 9.17) is 0 Å². The van der Waals surface area contributed by atoms with Crippen LogP contribution in [0.2, 0.25) is 0 Å². The number of nitrogens with zero attached hydrogens (tertiary/aromatic N) is 5. The molecule has 0 amide bonds. The maximum absolute atomic E-state index is 12.5. The Kier molecular flexibility index (Phi) is 3.33. The van der Waals surface area contributed by atoms with Gasteiger partial charge in [-0.05, 0) is 6.92 Å². The number of fused-ring (bicyclic) bond motifs is 3. The fraction of sp³-hybridized carbons (Fsp3) is 0.500. The van der Waals surface area contributed by atoms with E-state index < -0.39 is 16.7 Å². The summed E-state index contributed by atoms with van der Waals surface area (Å²) in [5.74, 6) is 0.552. The molecular weight excluding hydrogens is 310 g/mol. The van der Waals surface area contributed by atoms with E-state index in [1.54, 1.807) is 22.2 Å². The Hall–Kier alpha value is -2.64. The van der Waals surface area contributed by atoms with Crippen molar-refractivity contribution >= 4 is 22.7 Å². The highest BCUT2D eigenvalue weighted by atomic mass is 16.2. The summed E-state index contributed by atoms with van der Waals surface area (Å²) >= 11 is 0. The first kappa shape index (κ1) is 16.2. The van der Waals surface area contributed by atoms with Gasteiger partial charge in [-0.2, -0.15) is 4.98 Å². The van der Waals surface area contributed by atoms with Gasteiger partial charge in [-0.3, -0.25) is 23.1 Å². The van der Waals surface area contributed by atoms with Crippen molar-refractivity contribution < 1.29 is 4.79 Å². The molecule has 128 valence electrons. The highest BCUT2D eigenvalue weighted by Crippen LogP contribution is 2.20. The van der Waals surface area contributed by atoms with E-state index in [-0.39, 0.29) is 12.3 Å². The van der Waals surface area contributed by atoms with Crippen LogP contribution in [0.3, 0.4) is 0 Å². The highest BCUT2D eigenvalue weighted by Gasteiger charge is 2.24. The fourth-order valence-corrected chi connectivity index (χ4v) is 2.71. The van der Waals surface area contributed by atoms with Crippen LogP contribution in [0.25, 0.3) is 16.9 Å². The minimum absolute atomic E-state index is 0.0672. The van der Waals surface area contributed by atoms with E-state index >= 15 is 0 Å². The van der Waals surface area contributed by atoms with Crippen LogP contribution >= 0.6 is 0 Å². The van der Waals surface area contributed by atoms with E-state index in [9.17, 15) is 14.4 Å². The number of Topliss-reactive ketones (excluding diaryl/α,β-unsaturated/α-hetero) is 1. The van der Waals surface area contributed by atoms with Gasteiger partial charge in [-0.15, -0.1) is 0 Å². The summed E-state index contributed by atoms with van der Waals surface area (Å²) in [4.78, 5) is 41.4. The molecule has 0 N–H and O–H groups in total. The number of imidazole rings is 2. The van der Waals surface area contributed by atoms with E-state index in [2.05, 4.69) is 4.98 Å². The fourth-order valence-electron chi connectivity index (χ4n) is 2.71. The molecule has 0 unspecified atom stereocenters. The average molecular weight is 331 g/mol. The van der Waals surface area contributed by atoms with Gasteiger partial charge in [0, 0.05) is 31.4 Å². The Morgan fingerprint density at radius 2 is 1.79 bits per heavy atom. The molecular formula is C16H21N5O3. The Morgan fingerprint density at radius 3 is 2.38 bits per heavy atom. The second kappa shape index (κ2) is 4.93. The number of aryl methyl sites for hydroxylation is 2. The maximum atomic E-state index is 12.5. The molecule has 3 heterocycles. The van der Waals surface area contributed by atoms with Crippen molar-refractivity contribution in [3.05, 3.63) is 32.7 Å². The summed E-state index contributed by atoms with van der Waals surface area (Å²) < 4.78 is 5.83. The lowest BCUT2D eigenvalue weighted by molar-refractivity contribution is -0.126. The predicted octanol–water partition coefficient (Wildman–Crippen LogP) is 0.610. The van der Waals surface area contributed by atoms with Gasteiger partial charge in [0.25, 0.3) is 5.56 Å². The molecule has 3 aromatic rings. The Morgan fingerprint density at radius 1 is 1.17 bits per heavy atom. The molecule has 24 heavy (non-hydrogen) atoms. The summed E-state index contributed by atoms with van der Waals surface area (Å²) in [5, 5.41) is 0. The third-order valence-electron chi connectivity index (χ3n) is 4.39. The quantitative estimate of drug-likeness (QED) is 0.689. The first-order valence-corrected chi connectivity index (χ1v) is 7.71. The Balaban J connectivity index is 2.35. The van der Waals surface area contributed by atoms with Crippen LogP contribution in [-0.2, 0) is 25.4 Å². The van der Waals surface area contributed by atoms with Crippen molar-refractivity contribution in [3.63, 3.8) is 0 Å². The van der Waals surface area contributed by atoms with Gasteiger partial charge in [-0.1, -0.05) is 20.8 Å². The summed E-state index contributed by atoms with van der Waals surface area (Å²) in [6, 6.07) is 0. The number of rotatable bonds is 2. The van der Waals surface area contributed by atoms with Gasteiger partial charge < -0.3 is 4.57 Å². The molecule has 0 spiro atoms. The Labute approximate surface area is 137 Å². The second-order valence-corrected chi connectivity index (χ2v) is 7.19. The zero-order valence-corrected chi connectivity index (χ0v) is 14.7. The molecule has 0 aliphatic heterocycles. The first-order valence-electron chi connectivity index (χ1n) is 7.71. The summed E-state index contributed by atoms with van der Waals surface area (Å²) in [6.45, 7) is 7.64. The van der Waals surface area contributed by atoms with Crippen molar-refractivity contribution in [3.8, 4) is 0 Å². The molecule has 0 bridgehead atoms. The molecule has 0 aromatic carbocycles. The number of carbonyl (C=O) groups excluding carboxylic acids is 1. The molecule has 0 saturated heterocycles. The lowest BCUT2D eigenvalue weighted by Crippen LogP contribution is -2.37. The maximum Gasteiger partial charge on any atom is 0.332 e. The van der Waals surface area contributed by atoms with Crippen LogP contribution in [-0.4, -0.2) is 28.9 Å². The van der Waals surface area contributed by atoms with Crippen molar-refractivity contribution in [2.75, 3.05) is 0 Å². The summed E-state index contributed by atoms with van der Waals surface area (Å²) in [6.07, 6.45) is 1.77. The predicted molar refractivity (Wildman–Crippen MR) is 90.4 cm³/mol. The van der Waals surface area contributed by atoms with Gasteiger partial charge in [0.1, 0.15) is 0 Å². The monoisotopic (exact) mass is 331 g/mol. The SMILES string of the molecule is Cc1cn2c3c(=O)n(C)c(=O)n(C)c3nc2n1CC(=O)C(C)(C)C. The van der Waals surface area contributed by atoms with Crippen molar-refractivity contribution in [2.45, 2.75) is 34.2 Å². The first-order chi connectivity index (χ1) is 11.0. The van der Waals surface area contributed by atoms with Crippen LogP contribution < -0.4 is 11.2 Å². The molecule has 0 saturated carbocycles. The number of aromatic nitrogens is 5. The molecule has 0 fully saturated rings. The van der Waals surface area contributed by atoms with Crippen LogP contribution in [0.5, 0.6) is 0 Å². The molecule has 0 radical (unpaired) electrons. The summed E-state index contributed by atoms with van der Waals surface area (Å²) in [7, 11) is 3.02. The van der Waals surface area contributed by atoms with E-state index in [1.807, 2.05) is 27.7 Å². The smallest absolute Gasteiger partial charge is 0.307 e. The number of hydrogen-bond acceptors (Lipinski definition) is 4. The zero-order valence-electron chi connectivity index (χ0n) is 14.7. The lowest BCUT2D eigenvalue weighted by atomic mass is 9.91. The molecule has 3 rings (SSSR count). The topological polar surface area (TPSA) is 83.3 Å². The zero-order chi connectivity index (χ0) is 18.0. The molecule has 8 nitrogen and oxygen atoms in total. The average Bonchev–Trinajstić information content (AvgIpc) is 2.99. The van der Waals surface area contributed by atoms with Crippen LogP contribution in [0.15, 0.2) is 15.8 Å². The number of ketones is 1. The Bertz CT molecular complexity index is 1100. The van der Waals surface area contributed by atoms with Crippen molar-refractivity contribution in [2.24, 2.45) is 19.5 Å². The number of carbonyl (C=O) groups is 1. The highest BCUT2D eigenvalue weighted by molar-refractivity contribution is 5.84. The number of hydrogen-bond donors (Lipinski definition) is 0. The largest absolute Gasteiger partial charge is 0.332 e. The molecule has 0 aliphatic carbocycles. The van der Waals surface area contributed by atoms with E-state index in [0.29, 0.717) is 16.9 Å².